The highest BCUT2D eigenvalue weighted by Crippen LogP contribution is 2.42. The molecule has 1 N–H and O–H groups in total. The average Bonchev–Trinajstić information content (AvgIpc) is 2.68. The molecule has 7 heteroatoms. The molecule has 0 radical (unpaired) electrons. The number of carbonyl (C=O) groups is 1. The van der Waals surface area contributed by atoms with Crippen molar-refractivity contribution in [1.82, 2.24) is 0 Å². The van der Waals surface area contributed by atoms with Crippen molar-refractivity contribution in [1.29, 1.82) is 0 Å². The summed E-state index contributed by atoms with van der Waals surface area (Å²) in [6.45, 7) is 0. The smallest absolute Gasteiger partial charge is 0.264 e. The Labute approximate surface area is 171 Å². The SMILES string of the molecule is CN1c2ccc(C(=O)Nc3ccc(I)cc3)cc2-c2ccccc2S1(=O)=O. The zero-order valence-corrected chi connectivity index (χ0v) is 17.3. The number of rotatable bonds is 2. The number of amides is 1. The second-order valence-corrected chi connectivity index (χ2v) is 9.34. The molecule has 0 spiro atoms. The van der Waals surface area contributed by atoms with Gasteiger partial charge in [-0.15, -0.1) is 0 Å². The topological polar surface area (TPSA) is 66.5 Å². The predicted octanol–water partition coefficient (Wildman–Crippen LogP) is 4.35. The van der Waals surface area contributed by atoms with Crippen LogP contribution < -0.4 is 9.62 Å². The number of fused-ring (bicyclic) bond motifs is 3. The molecule has 1 aliphatic rings. The molecule has 0 bridgehead atoms. The van der Waals surface area contributed by atoms with E-state index in [0.717, 1.165) is 9.13 Å². The maximum atomic E-state index is 12.7. The summed E-state index contributed by atoms with van der Waals surface area (Å²) in [5.41, 5.74) is 3.06. The Balaban J connectivity index is 1.76. The van der Waals surface area contributed by atoms with E-state index in [1.165, 1.54) is 11.4 Å². The van der Waals surface area contributed by atoms with Gasteiger partial charge in [0, 0.05) is 33.0 Å². The highest BCUT2D eigenvalue weighted by molar-refractivity contribution is 14.1. The fourth-order valence-electron chi connectivity index (χ4n) is 3.10. The molecular formula is C20H15IN2O3S. The van der Waals surface area contributed by atoms with Crippen LogP contribution in [-0.4, -0.2) is 21.4 Å². The third-order valence-corrected chi connectivity index (χ3v) is 7.06. The van der Waals surface area contributed by atoms with E-state index in [2.05, 4.69) is 27.9 Å². The molecule has 3 aromatic rings. The lowest BCUT2D eigenvalue weighted by atomic mass is 10.00. The first-order chi connectivity index (χ1) is 12.9. The van der Waals surface area contributed by atoms with Gasteiger partial charge in [0.2, 0.25) is 0 Å². The van der Waals surface area contributed by atoms with Gasteiger partial charge >= 0.3 is 0 Å². The van der Waals surface area contributed by atoms with Gasteiger partial charge in [-0.2, -0.15) is 0 Å². The van der Waals surface area contributed by atoms with E-state index in [9.17, 15) is 13.2 Å². The third-order valence-electron chi connectivity index (χ3n) is 4.52. The maximum absolute atomic E-state index is 12.7. The minimum Gasteiger partial charge on any atom is -0.322 e. The molecule has 1 heterocycles. The van der Waals surface area contributed by atoms with E-state index in [-0.39, 0.29) is 10.8 Å². The zero-order valence-electron chi connectivity index (χ0n) is 14.3. The first-order valence-electron chi connectivity index (χ1n) is 8.17. The van der Waals surface area contributed by atoms with Crippen molar-refractivity contribution < 1.29 is 13.2 Å². The van der Waals surface area contributed by atoms with Crippen LogP contribution in [0.25, 0.3) is 11.1 Å². The Morgan fingerprint density at radius 3 is 2.41 bits per heavy atom. The average molecular weight is 490 g/mol. The monoisotopic (exact) mass is 490 g/mol. The number of halogens is 1. The van der Waals surface area contributed by atoms with Crippen molar-refractivity contribution in [3.05, 3.63) is 75.9 Å². The Kier molecular flexibility index (Phi) is 4.43. The lowest BCUT2D eigenvalue weighted by Crippen LogP contribution is -2.30. The Bertz CT molecular complexity index is 1160. The molecule has 0 aromatic heterocycles. The van der Waals surface area contributed by atoms with E-state index in [0.29, 0.717) is 22.5 Å². The number of anilines is 2. The van der Waals surface area contributed by atoms with Gasteiger partial charge in [-0.3, -0.25) is 9.10 Å². The fourth-order valence-corrected chi connectivity index (χ4v) is 4.87. The van der Waals surface area contributed by atoms with Gasteiger partial charge in [-0.25, -0.2) is 8.42 Å². The van der Waals surface area contributed by atoms with E-state index in [4.69, 9.17) is 0 Å². The van der Waals surface area contributed by atoms with Gasteiger partial charge in [-0.05, 0) is 71.1 Å². The number of nitrogens with one attached hydrogen (secondary N) is 1. The van der Waals surface area contributed by atoms with Crippen LogP contribution in [0.2, 0.25) is 0 Å². The molecular weight excluding hydrogens is 475 g/mol. The molecule has 5 nitrogen and oxygen atoms in total. The molecule has 0 atom stereocenters. The molecule has 1 amide bonds. The first-order valence-corrected chi connectivity index (χ1v) is 10.7. The highest BCUT2D eigenvalue weighted by atomic mass is 127. The molecule has 3 aromatic carbocycles. The summed E-state index contributed by atoms with van der Waals surface area (Å²) < 4.78 is 27.7. The number of nitrogens with zero attached hydrogens (tertiary/aromatic N) is 1. The number of sulfonamides is 1. The molecule has 136 valence electrons. The van der Waals surface area contributed by atoms with Crippen LogP contribution >= 0.6 is 22.6 Å². The predicted molar refractivity (Wildman–Crippen MR) is 115 cm³/mol. The minimum atomic E-state index is -3.59. The number of carbonyl (C=O) groups excluding carboxylic acids is 1. The van der Waals surface area contributed by atoms with Gasteiger partial charge in [0.15, 0.2) is 0 Å². The van der Waals surface area contributed by atoms with Crippen LogP contribution in [0.1, 0.15) is 10.4 Å². The van der Waals surface area contributed by atoms with Crippen molar-refractivity contribution in [2.75, 3.05) is 16.7 Å². The number of hydrogen-bond acceptors (Lipinski definition) is 3. The highest BCUT2D eigenvalue weighted by Gasteiger charge is 2.32. The van der Waals surface area contributed by atoms with Crippen molar-refractivity contribution in [2.24, 2.45) is 0 Å². The Hall–Kier alpha value is -2.39. The summed E-state index contributed by atoms with van der Waals surface area (Å²) >= 11 is 2.20. The van der Waals surface area contributed by atoms with Crippen LogP contribution in [0.5, 0.6) is 0 Å². The lowest BCUT2D eigenvalue weighted by molar-refractivity contribution is 0.102. The lowest BCUT2D eigenvalue weighted by Gasteiger charge is -2.29. The molecule has 0 aliphatic carbocycles. The number of benzene rings is 3. The molecule has 27 heavy (non-hydrogen) atoms. The van der Waals surface area contributed by atoms with Crippen molar-refractivity contribution in [3.63, 3.8) is 0 Å². The second-order valence-electron chi connectivity index (χ2n) is 6.16. The summed E-state index contributed by atoms with van der Waals surface area (Å²) in [6, 6.07) is 19.4. The van der Waals surface area contributed by atoms with Crippen LogP contribution in [0.3, 0.4) is 0 Å². The van der Waals surface area contributed by atoms with Crippen molar-refractivity contribution in [2.45, 2.75) is 4.90 Å². The van der Waals surface area contributed by atoms with Crippen LogP contribution in [0.15, 0.2) is 71.6 Å². The largest absolute Gasteiger partial charge is 0.322 e. The van der Waals surface area contributed by atoms with Gasteiger partial charge in [0.25, 0.3) is 15.9 Å². The summed E-state index contributed by atoms with van der Waals surface area (Å²) in [5, 5.41) is 2.87. The van der Waals surface area contributed by atoms with Gasteiger partial charge in [0.05, 0.1) is 10.6 Å². The number of hydrogen-bond donors (Lipinski definition) is 1. The quantitative estimate of drug-likeness (QED) is 0.544. The molecule has 0 unspecified atom stereocenters. The Morgan fingerprint density at radius 1 is 0.963 bits per heavy atom. The first kappa shape index (κ1) is 18.0. The third kappa shape index (κ3) is 3.10. The zero-order chi connectivity index (χ0) is 19.2. The van der Waals surface area contributed by atoms with Crippen LogP contribution in [-0.2, 0) is 10.0 Å². The van der Waals surface area contributed by atoms with Crippen LogP contribution in [0.4, 0.5) is 11.4 Å². The van der Waals surface area contributed by atoms with E-state index < -0.39 is 10.0 Å². The van der Waals surface area contributed by atoms with Crippen molar-refractivity contribution >= 4 is 49.9 Å². The minimum absolute atomic E-state index is 0.243. The molecule has 1 aliphatic heterocycles. The van der Waals surface area contributed by atoms with Crippen molar-refractivity contribution in [3.8, 4) is 11.1 Å². The molecule has 0 fully saturated rings. The molecule has 0 saturated carbocycles. The summed E-state index contributed by atoms with van der Waals surface area (Å²) in [4.78, 5) is 12.9. The Morgan fingerprint density at radius 2 is 1.67 bits per heavy atom. The van der Waals surface area contributed by atoms with Gasteiger partial charge in [0.1, 0.15) is 0 Å². The molecule has 0 saturated heterocycles. The maximum Gasteiger partial charge on any atom is 0.264 e. The van der Waals surface area contributed by atoms with Crippen LogP contribution in [0, 0.1) is 3.57 Å². The van der Waals surface area contributed by atoms with E-state index in [1.54, 1.807) is 42.5 Å². The summed E-state index contributed by atoms with van der Waals surface area (Å²) in [7, 11) is -2.06. The van der Waals surface area contributed by atoms with Gasteiger partial charge in [-0.1, -0.05) is 18.2 Å². The standard InChI is InChI=1S/C20H15IN2O3S/c1-23-18-11-6-13(20(24)22-15-9-7-14(21)8-10-15)12-17(18)16-4-2-3-5-19(16)27(23,25)26/h2-12H,1H3,(H,22,24). The molecule has 4 rings (SSSR count). The summed E-state index contributed by atoms with van der Waals surface area (Å²) in [5.74, 6) is -0.243. The van der Waals surface area contributed by atoms with Gasteiger partial charge < -0.3 is 5.32 Å². The second kappa shape index (κ2) is 6.65. The normalized spacial score (nSPS) is 14.2. The van der Waals surface area contributed by atoms with E-state index >= 15 is 0 Å². The fraction of sp³-hybridized carbons (Fsp3) is 0.0500. The summed E-state index contributed by atoms with van der Waals surface area (Å²) in [6.07, 6.45) is 0. The van der Waals surface area contributed by atoms with E-state index in [1.807, 2.05) is 24.3 Å².